The molecule has 0 unspecified atom stereocenters. The van der Waals surface area contributed by atoms with Crippen molar-refractivity contribution >= 4 is 0 Å². The number of benzene rings is 1. The zero-order valence-corrected chi connectivity index (χ0v) is 11.6. The predicted octanol–water partition coefficient (Wildman–Crippen LogP) is 3.52. The van der Waals surface area contributed by atoms with Gasteiger partial charge in [-0.05, 0) is 29.8 Å². The van der Waals surface area contributed by atoms with E-state index in [-0.39, 0.29) is 11.1 Å². The second-order valence-corrected chi connectivity index (χ2v) is 4.79. The Balaban J connectivity index is 2.04. The van der Waals surface area contributed by atoms with Crippen LogP contribution in [-0.4, -0.2) is 15.0 Å². The van der Waals surface area contributed by atoms with Crippen molar-refractivity contribution in [3.05, 3.63) is 70.9 Å². The highest BCUT2D eigenvalue weighted by Crippen LogP contribution is 2.31. The molecule has 0 saturated carbocycles. The van der Waals surface area contributed by atoms with Crippen LogP contribution >= 0.6 is 0 Å². The summed E-state index contributed by atoms with van der Waals surface area (Å²) < 4.78 is 38.3. The van der Waals surface area contributed by atoms with Crippen LogP contribution < -0.4 is 5.56 Å². The molecule has 0 aliphatic heterocycles. The van der Waals surface area contributed by atoms with Crippen LogP contribution in [0, 0.1) is 0 Å². The van der Waals surface area contributed by atoms with E-state index in [9.17, 15) is 18.0 Å². The fourth-order valence-corrected chi connectivity index (χ4v) is 2.12. The number of H-pyrrole nitrogens is 1. The third-order valence-corrected chi connectivity index (χ3v) is 3.25. The molecule has 1 aromatic carbocycles. The number of aromatic amines is 1. The van der Waals surface area contributed by atoms with Gasteiger partial charge in [0, 0.05) is 24.2 Å². The minimum Gasteiger partial charge on any atom is -0.306 e. The van der Waals surface area contributed by atoms with Crippen LogP contribution in [0.25, 0.3) is 22.5 Å². The fourth-order valence-electron chi connectivity index (χ4n) is 2.12. The van der Waals surface area contributed by atoms with E-state index in [1.807, 2.05) is 0 Å². The summed E-state index contributed by atoms with van der Waals surface area (Å²) in [5.74, 6) is 0.327. The lowest BCUT2D eigenvalue weighted by atomic mass is 10.1. The van der Waals surface area contributed by atoms with E-state index < -0.39 is 17.3 Å². The van der Waals surface area contributed by atoms with Gasteiger partial charge in [0.1, 0.15) is 5.82 Å². The second-order valence-electron chi connectivity index (χ2n) is 4.79. The van der Waals surface area contributed by atoms with E-state index in [1.165, 1.54) is 18.3 Å². The van der Waals surface area contributed by atoms with Gasteiger partial charge in [-0.15, -0.1) is 0 Å². The first-order chi connectivity index (χ1) is 10.9. The van der Waals surface area contributed by atoms with Crippen LogP contribution in [0.15, 0.2) is 59.8 Å². The van der Waals surface area contributed by atoms with Gasteiger partial charge in [-0.1, -0.05) is 12.1 Å². The molecule has 0 saturated heterocycles. The van der Waals surface area contributed by atoms with Gasteiger partial charge in [0.15, 0.2) is 0 Å². The average molecular weight is 317 g/mol. The first kappa shape index (κ1) is 15.0. The SMILES string of the molecule is O=c1[nH]c(-c2ccncc2)ncc1-c1cccc(C(F)(F)F)c1. The third kappa shape index (κ3) is 3.13. The summed E-state index contributed by atoms with van der Waals surface area (Å²) in [7, 11) is 0. The number of halogens is 3. The number of alkyl halides is 3. The van der Waals surface area contributed by atoms with Crippen molar-refractivity contribution in [3.8, 4) is 22.5 Å². The number of rotatable bonds is 2. The lowest BCUT2D eigenvalue weighted by Gasteiger charge is -2.08. The Kier molecular flexibility index (Phi) is 3.69. The summed E-state index contributed by atoms with van der Waals surface area (Å²) in [6, 6.07) is 7.92. The molecule has 0 amide bonds. The Labute approximate surface area is 128 Å². The zero-order chi connectivity index (χ0) is 16.4. The average Bonchev–Trinajstić information content (AvgIpc) is 2.55. The number of nitrogens with zero attached hydrogens (tertiary/aromatic N) is 2. The third-order valence-electron chi connectivity index (χ3n) is 3.25. The summed E-state index contributed by atoms with van der Waals surface area (Å²) >= 11 is 0. The van der Waals surface area contributed by atoms with Gasteiger partial charge >= 0.3 is 6.18 Å². The van der Waals surface area contributed by atoms with Crippen LogP contribution in [0.2, 0.25) is 0 Å². The Morgan fingerprint density at radius 3 is 2.39 bits per heavy atom. The lowest BCUT2D eigenvalue weighted by Crippen LogP contribution is -2.12. The summed E-state index contributed by atoms with van der Waals surface area (Å²) in [6.07, 6.45) is -0.0939. The fraction of sp³-hybridized carbons (Fsp3) is 0.0625. The Morgan fingerprint density at radius 1 is 1.00 bits per heavy atom. The summed E-state index contributed by atoms with van der Waals surface area (Å²) in [5, 5.41) is 0. The van der Waals surface area contributed by atoms with E-state index in [2.05, 4.69) is 15.0 Å². The molecule has 1 N–H and O–H groups in total. The molecule has 4 nitrogen and oxygen atoms in total. The quantitative estimate of drug-likeness (QED) is 0.787. The topological polar surface area (TPSA) is 58.6 Å². The van der Waals surface area contributed by atoms with Crippen molar-refractivity contribution in [2.45, 2.75) is 6.18 Å². The molecular formula is C16H10F3N3O. The van der Waals surface area contributed by atoms with Crippen molar-refractivity contribution in [3.63, 3.8) is 0 Å². The van der Waals surface area contributed by atoms with E-state index in [0.29, 0.717) is 11.4 Å². The molecule has 0 bridgehead atoms. The molecule has 0 fully saturated rings. The molecule has 0 aliphatic rings. The van der Waals surface area contributed by atoms with Gasteiger partial charge in [-0.25, -0.2) is 4.98 Å². The van der Waals surface area contributed by atoms with E-state index >= 15 is 0 Å². The zero-order valence-electron chi connectivity index (χ0n) is 11.6. The molecule has 7 heteroatoms. The number of pyridine rings is 1. The lowest BCUT2D eigenvalue weighted by molar-refractivity contribution is -0.137. The smallest absolute Gasteiger partial charge is 0.306 e. The summed E-state index contributed by atoms with van der Waals surface area (Å²) in [6.45, 7) is 0. The van der Waals surface area contributed by atoms with E-state index in [0.717, 1.165) is 12.1 Å². The minimum atomic E-state index is -4.47. The van der Waals surface area contributed by atoms with E-state index in [4.69, 9.17) is 0 Å². The first-order valence-electron chi connectivity index (χ1n) is 6.62. The van der Waals surface area contributed by atoms with Crippen LogP contribution in [0.3, 0.4) is 0 Å². The highest BCUT2D eigenvalue weighted by molar-refractivity contribution is 5.64. The van der Waals surface area contributed by atoms with Gasteiger partial charge in [0.2, 0.25) is 0 Å². The molecule has 0 atom stereocenters. The van der Waals surface area contributed by atoms with Gasteiger partial charge in [0.05, 0.1) is 11.1 Å². The molecule has 3 rings (SSSR count). The molecule has 0 spiro atoms. The second kappa shape index (κ2) is 5.68. The Bertz CT molecular complexity index is 889. The molecule has 0 aliphatic carbocycles. The normalized spacial score (nSPS) is 11.4. The maximum absolute atomic E-state index is 12.8. The molecule has 3 aromatic rings. The van der Waals surface area contributed by atoms with Crippen LogP contribution in [0.1, 0.15) is 5.56 Å². The largest absolute Gasteiger partial charge is 0.416 e. The van der Waals surface area contributed by atoms with Crippen LogP contribution in [0.5, 0.6) is 0 Å². The van der Waals surface area contributed by atoms with Gasteiger partial charge < -0.3 is 4.98 Å². The summed E-state index contributed by atoms with van der Waals surface area (Å²) in [4.78, 5) is 22.7. The number of aromatic nitrogens is 3. The first-order valence-corrected chi connectivity index (χ1v) is 6.62. The Hall–Kier alpha value is -2.96. The highest BCUT2D eigenvalue weighted by atomic mass is 19.4. The molecule has 2 heterocycles. The van der Waals surface area contributed by atoms with Crippen LogP contribution in [-0.2, 0) is 6.18 Å². The maximum Gasteiger partial charge on any atom is 0.416 e. The standard InChI is InChI=1S/C16H10F3N3O/c17-16(18,19)12-3-1-2-11(8-12)13-9-21-14(22-15(13)23)10-4-6-20-7-5-10/h1-9H,(H,21,22,23). The monoisotopic (exact) mass is 317 g/mol. The van der Waals surface area contributed by atoms with Gasteiger partial charge in [-0.3, -0.25) is 9.78 Å². The molecular weight excluding hydrogens is 307 g/mol. The van der Waals surface area contributed by atoms with Crippen molar-refractivity contribution in [1.82, 2.24) is 15.0 Å². The van der Waals surface area contributed by atoms with Gasteiger partial charge in [-0.2, -0.15) is 13.2 Å². The molecule has 2 aromatic heterocycles. The van der Waals surface area contributed by atoms with Crippen LogP contribution in [0.4, 0.5) is 13.2 Å². The summed E-state index contributed by atoms with van der Waals surface area (Å²) in [5.41, 5.74) is -0.421. The number of hydrogen-bond donors (Lipinski definition) is 1. The minimum absolute atomic E-state index is 0.0777. The van der Waals surface area contributed by atoms with Crippen molar-refractivity contribution in [2.24, 2.45) is 0 Å². The maximum atomic E-state index is 12.8. The molecule has 0 radical (unpaired) electrons. The highest BCUT2D eigenvalue weighted by Gasteiger charge is 2.30. The number of nitrogens with one attached hydrogen (secondary N) is 1. The molecule has 116 valence electrons. The predicted molar refractivity (Wildman–Crippen MR) is 78.5 cm³/mol. The van der Waals surface area contributed by atoms with Crippen molar-refractivity contribution in [2.75, 3.05) is 0 Å². The van der Waals surface area contributed by atoms with Crippen molar-refractivity contribution in [1.29, 1.82) is 0 Å². The van der Waals surface area contributed by atoms with E-state index in [1.54, 1.807) is 24.5 Å². The number of hydrogen-bond acceptors (Lipinski definition) is 3. The Morgan fingerprint density at radius 2 is 1.74 bits per heavy atom. The van der Waals surface area contributed by atoms with Gasteiger partial charge in [0.25, 0.3) is 5.56 Å². The molecule has 23 heavy (non-hydrogen) atoms. The van der Waals surface area contributed by atoms with Crippen molar-refractivity contribution < 1.29 is 13.2 Å².